The predicted molar refractivity (Wildman–Crippen MR) is 101 cm³/mol. The van der Waals surface area contributed by atoms with Crippen molar-refractivity contribution in [2.24, 2.45) is 23.7 Å². The van der Waals surface area contributed by atoms with Crippen LogP contribution in [-0.2, 0) is 5.41 Å². The van der Waals surface area contributed by atoms with E-state index in [4.69, 9.17) is 0 Å². The van der Waals surface area contributed by atoms with Crippen molar-refractivity contribution in [1.29, 1.82) is 0 Å². The monoisotopic (exact) mass is 316 g/mol. The Bertz CT molecular complexity index is 706. The quantitative estimate of drug-likeness (QED) is 0.598. The molecule has 4 atom stereocenters. The zero-order valence-electron chi connectivity index (χ0n) is 15.0. The van der Waals surface area contributed by atoms with Gasteiger partial charge >= 0.3 is 0 Å². The summed E-state index contributed by atoms with van der Waals surface area (Å²) in [5, 5.41) is 0. The number of benzene rings is 2. The largest absolute Gasteiger partial charge is 0.0651 e. The Morgan fingerprint density at radius 2 is 1.21 bits per heavy atom. The molecule has 0 radical (unpaired) electrons. The molecule has 4 unspecified atom stereocenters. The van der Waals surface area contributed by atoms with E-state index in [1.54, 1.807) is 11.1 Å². The van der Waals surface area contributed by atoms with Crippen molar-refractivity contribution in [1.82, 2.24) is 0 Å². The van der Waals surface area contributed by atoms with Gasteiger partial charge in [0.15, 0.2) is 0 Å². The van der Waals surface area contributed by atoms with E-state index in [0.29, 0.717) is 5.41 Å². The van der Waals surface area contributed by atoms with E-state index in [1.165, 1.54) is 43.2 Å². The molecule has 0 N–H and O–H groups in total. The minimum absolute atomic E-state index is 0.309. The molecule has 24 heavy (non-hydrogen) atoms. The molecular formula is C24H28. The summed E-state index contributed by atoms with van der Waals surface area (Å²) < 4.78 is 0. The Balaban J connectivity index is 1.67. The second-order valence-corrected chi connectivity index (χ2v) is 8.48. The molecule has 0 heteroatoms. The van der Waals surface area contributed by atoms with Gasteiger partial charge < -0.3 is 0 Å². The molecule has 1 spiro atoms. The molecule has 3 aliphatic rings. The third-order valence-electron chi connectivity index (χ3n) is 7.76. The molecule has 2 saturated carbocycles. The van der Waals surface area contributed by atoms with E-state index in [2.05, 4.69) is 62.4 Å². The lowest BCUT2D eigenvalue weighted by Gasteiger charge is -2.30. The maximum atomic E-state index is 2.43. The smallest absolute Gasteiger partial charge is 0.0220 e. The zero-order valence-corrected chi connectivity index (χ0v) is 15.0. The number of hydrogen-bond donors (Lipinski definition) is 0. The lowest BCUT2D eigenvalue weighted by atomic mass is 9.73. The van der Waals surface area contributed by atoms with Gasteiger partial charge in [0.25, 0.3) is 0 Å². The molecule has 0 amide bonds. The minimum Gasteiger partial charge on any atom is -0.0651 e. The molecule has 0 bridgehead atoms. The second kappa shape index (κ2) is 5.22. The fraction of sp³-hybridized carbons (Fsp3) is 0.500. The van der Waals surface area contributed by atoms with E-state index >= 15 is 0 Å². The van der Waals surface area contributed by atoms with E-state index in [1.807, 2.05) is 0 Å². The van der Waals surface area contributed by atoms with Gasteiger partial charge in [-0.05, 0) is 65.2 Å². The van der Waals surface area contributed by atoms with Gasteiger partial charge in [-0.25, -0.2) is 0 Å². The first-order valence-corrected chi connectivity index (χ1v) is 9.98. The molecule has 0 saturated heterocycles. The fourth-order valence-corrected chi connectivity index (χ4v) is 6.76. The van der Waals surface area contributed by atoms with Crippen LogP contribution in [0.15, 0.2) is 48.5 Å². The summed E-state index contributed by atoms with van der Waals surface area (Å²) in [6.07, 6.45) is 7.01. The maximum absolute atomic E-state index is 2.43. The van der Waals surface area contributed by atoms with Gasteiger partial charge in [-0.2, -0.15) is 0 Å². The van der Waals surface area contributed by atoms with Crippen molar-refractivity contribution in [3.05, 3.63) is 59.7 Å². The van der Waals surface area contributed by atoms with Crippen LogP contribution in [0.25, 0.3) is 11.1 Å². The van der Waals surface area contributed by atoms with Crippen LogP contribution < -0.4 is 0 Å². The van der Waals surface area contributed by atoms with Crippen LogP contribution in [0.2, 0.25) is 0 Å². The average molecular weight is 316 g/mol. The minimum atomic E-state index is 0.309. The van der Waals surface area contributed by atoms with Crippen molar-refractivity contribution in [3.63, 3.8) is 0 Å². The van der Waals surface area contributed by atoms with E-state index in [-0.39, 0.29) is 0 Å². The van der Waals surface area contributed by atoms with Gasteiger partial charge in [-0.15, -0.1) is 0 Å². The summed E-state index contributed by atoms with van der Waals surface area (Å²) in [4.78, 5) is 0. The van der Waals surface area contributed by atoms with Gasteiger partial charge in [-0.1, -0.05) is 75.2 Å². The van der Waals surface area contributed by atoms with Crippen LogP contribution in [0.1, 0.15) is 57.1 Å². The molecule has 0 aliphatic heterocycles. The lowest BCUT2D eigenvalue weighted by molar-refractivity contribution is 0.323. The third kappa shape index (κ3) is 1.75. The molecule has 124 valence electrons. The van der Waals surface area contributed by atoms with Crippen molar-refractivity contribution >= 4 is 0 Å². The van der Waals surface area contributed by atoms with Crippen molar-refractivity contribution in [2.75, 3.05) is 0 Å². The Morgan fingerprint density at radius 1 is 0.750 bits per heavy atom. The van der Waals surface area contributed by atoms with Crippen LogP contribution in [0.5, 0.6) is 0 Å². The van der Waals surface area contributed by atoms with Crippen LogP contribution in [0.4, 0.5) is 0 Å². The Hall–Kier alpha value is -1.56. The first-order chi connectivity index (χ1) is 11.8. The molecule has 0 nitrogen and oxygen atoms in total. The maximum Gasteiger partial charge on any atom is 0.0220 e. The van der Waals surface area contributed by atoms with Crippen LogP contribution in [0, 0.1) is 23.7 Å². The molecule has 5 rings (SSSR count). The van der Waals surface area contributed by atoms with Gasteiger partial charge in [-0.3, -0.25) is 0 Å². The SMILES string of the molecule is CCC1CC(CC)C2CC3(CC12)c1ccccc1-c1ccccc13. The highest BCUT2D eigenvalue weighted by atomic mass is 14.6. The first kappa shape index (κ1) is 14.8. The highest BCUT2D eigenvalue weighted by Gasteiger charge is 2.57. The van der Waals surface area contributed by atoms with Gasteiger partial charge in [0, 0.05) is 5.41 Å². The standard InChI is InChI=1S/C24H28/c1-3-16-13-17(4-2)21-15-24(14-20(16)21)22-11-7-5-9-18(22)19-10-6-8-12-23(19)24/h5-12,16-17,20-21H,3-4,13-15H2,1-2H3. The van der Waals surface area contributed by atoms with Crippen LogP contribution in [0.3, 0.4) is 0 Å². The first-order valence-electron chi connectivity index (χ1n) is 9.98. The van der Waals surface area contributed by atoms with Crippen molar-refractivity contribution < 1.29 is 0 Å². The third-order valence-corrected chi connectivity index (χ3v) is 7.76. The van der Waals surface area contributed by atoms with Crippen LogP contribution >= 0.6 is 0 Å². The Labute approximate surface area is 146 Å². The fourth-order valence-electron chi connectivity index (χ4n) is 6.76. The zero-order chi connectivity index (χ0) is 16.3. The highest BCUT2D eigenvalue weighted by molar-refractivity contribution is 5.81. The summed E-state index contributed by atoms with van der Waals surface area (Å²) >= 11 is 0. The summed E-state index contributed by atoms with van der Waals surface area (Å²) in [6.45, 7) is 4.84. The van der Waals surface area contributed by atoms with Crippen LogP contribution in [-0.4, -0.2) is 0 Å². The van der Waals surface area contributed by atoms with Crippen molar-refractivity contribution in [3.8, 4) is 11.1 Å². The van der Waals surface area contributed by atoms with Gasteiger partial charge in [0.1, 0.15) is 0 Å². The van der Waals surface area contributed by atoms with E-state index in [0.717, 1.165) is 23.7 Å². The summed E-state index contributed by atoms with van der Waals surface area (Å²) in [5.41, 5.74) is 6.59. The Morgan fingerprint density at radius 3 is 1.67 bits per heavy atom. The highest BCUT2D eigenvalue weighted by Crippen LogP contribution is 2.65. The molecular weight excluding hydrogens is 288 g/mol. The topological polar surface area (TPSA) is 0 Å². The summed E-state index contributed by atoms with van der Waals surface area (Å²) in [6, 6.07) is 18.5. The predicted octanol–water partition coefficient (Wildman–Crippen LogP) is 6.44. The molecule has 3 aliphatic carbocycles. The number of fused-ring (bicyclic) bond motifs is 6. The number of hydrogen-bond acceptors (Lipinski definition) is 0. The molecule has 0 aromatic heterocycles. The van der Waals surface area contributed by atoms with Gasteiger partial charge in [0.2, 0.25) is 0 Å². The second-order valence-electron chi connectivity index (χ2n) is 8.48. The number of rotatable bonds is 2. The molecule has 2 fully saturated rings. The van der Waals surface area contributed by atoms with Gasteiger partial charge in [0.05, 0.1) is 0 Å². The van der Waals surface area contributed by atoms with Crippen molar-refractivity contribution in [2.45, 2.75) is 51.4 Å². The molecule has 2 aromatic rings. The van der Waals surface area contributed by atoms with E-state index < -0.39 is 0 Å². The normalized spacial score (nSPS) is 31.9. The average Bonchev–Trinajstić information content (AvgIpc) is 3.26. The molecule has 2 aromatic carbocycles. The van der Waals surface area contributed by atoms with E-state index in [9.17, 15) is 0 Å². The Kier molecular flexibility index (Phi) is 3.21. The summed E-state index contributed by atoms with van der Waals surface area (Å²) in [5.74, 6) is 3.80. The lowest BCUT2D eigenvalue weighted by Crippen LogP contribution is -2.24. The summed E-state index contributed by atoms with van der Waals surface area (Å²) in [7, 11) is 0. The molecule has 0 heterocycles.